The third kappa shape index (κ3) is 3.63. The van der Waals surface area contributed by atoms with Crippen LogP contribution in [0.3, 0.4) is 0 Å². The van der Waals surface area contributed by atoms with Gasteiger partial charge in [-0.2, -0.15) is 0 Å². The van der Waals surface area contributed by atoms with Gasteiger partial charge in [0.2, 0.25) is 0 Å². The molecule has 1 saturated carbocycles. The molecule has 1 aromatic carbocycles. The van der Waals surface area contributed by atoms with E-state index < -0.39 is 9.84 Å². The van der Waals surface area contributed by atoms with Crippen molar-refractivity contribution in [1.82, 2.24) is 0 Å². The van der Waals surface area contributed by atoms with Crippen molar-refractivity contribution in [3.63, 3.8) is 0 Å². The Balaban J connectivity index is 2.18. The molecule has 1 aliphatic rings. The van der Waals surface area contributed by atoms with E-state index in [-0.39, 0.29) is 11.0 Å². The smallest absolute Gasteiger partial charge is 0.157 e. The number of sulfone groups is 1. The van der Waals surface area contributed by atoms with Crippen LogP contribution in [0.25, 0.3) is 0 Å². The molecule has 0 radical (unpaired) electrons. The number of rotatable bonds is 3. The Morgan fingerprint density at radius 1 is 1.37 bits per heavy atom. The SMILES string of the molecule is CC1CCCC(S(=O)(=O)Cc2cc(Cl)ccc2N)C1. The largest absolute Gasteiger partial charge is 0.398 e. The maximum absolute atomic E-state index is 12.5. The van der Waals surface area contributed by atoms with Crippen molar-refractivity contribution < 1.29 is 8.42 Å². The van der Waals surface area contributed by atoms with Gasteiger partial charge in [-0.3, -0.25) is 0 Å². The molecule has 2 N–H and O–H groups in total. The van der Waals surface area contributed by atoms with Gasteiger partial charge in [0, 0.05) is 10.7 Å². The van der Waals surface area contributed by atoms with Crippen LogP contribution in [0.5, 0.6) is 0 Å². The van der Waals surface area contributed by atoms with E-state index in [1.165, 1.54) is 0 Å². The van der Waals surface area contributed by atoms with Crippen LogP contribution in [0.2, 0.25) is 5.02 Å². The minimum Gasteiger partial charge on any atom is -0.398 e. The zero-order chi connectivity index (χ0) is 14.0. The van der Waals surface area contributed by atoms with Crippen LogP contribution >= 0.6 is 11.6 Å². The fraction of sp³-hybridized carbons (Fsp3) is 0.571. The molecule has 2 unspecified atom stereocenters. The highest BCUT2D eigenvalue weighted by molar-refractivity contribution is 7.91. The Morgan fingerprint density at radius 2 is 2.11 bits per heavy atom. The molecule has 3 nitrogen and oxygen atoms in total. The van der Waals surface area contributed by atoms with Crippen molar-refractivity contribution in [3.05, 3.63) is 28.8 Å². The molecule has 1 fully saturated rings. The van der Waals surface area contributed by atoms with E-state index in [0.717, 1.165) is 25.7 Å². The second kappa shape index (κ2) is 5.71. The minimum absolute atomic E-state index is 0.00319. The van der Waals surface area contributed by atoms with Crippen molar-refractivity contribution in [2.75, 3.05) is 5.73 Å². The quantitative estimate of drug-likeness (QED) is 0.870. The summed E-state index contributed by atoms with van der Waals surface area (Å²) in [6, 6.07) is 4.99. The first-order chi connectivity index (χ1) is 8.88. The summed E-state index contributed by atoms with van der Waals surface area (Å²) in [5.41, 5.74) is 6.94. The third-order valence-corrected chi connectivity index (χ3v) is 6.25. The lowest BCUT2D eigenvalue weighted by Gasteiger charge is -2.26. The summed E-state index contributed by atoms with van der Waals surface area (Å²) in [6.45, 7) is 2.12. The summed E-state index contributed by atoms with van der Waals surface area (Å²) < 4.78 is 24.9. The number of hydrogen-bond acceptors (Lipinski definition) is 3. The van der Waals surface area contributed by atoms with Crippen LogP contribution in [-0.4, -0.2) is 13.7 Å². The van der Waals surface area contributed by atoms with Gasteiger partial charge in [0.15, 0.2) is 9.84 Å². The van der Waals surface area contributed by atoms with E-state index in [0.29, 0.717) is 22.2 Å². The summed E-state index contributed by atoms with van der Waals surface area (Å²) in [5.74, 6) is 0.488. The molecule has 1 aliphatic carbocycles. The summed E-state index contributed by atoms with van der Waals surface area (Å²) in [7, 11) is -3.15. The molecule has 0 saturated heterocycles. The topological polar surface area (TPSA) is 60.2 Å². The highest BCUT2D eigenvalue weighted by Gasteiger charge is 2.30. The molecule has 1 aromatic rings. The van der Waals surface area contributed by atoms with E-state index in [9.17, 15) is 8.42 Å². The van der Waals surface area contributed by atoms with Crippen molar-refractivity contribution in [2.24, 2.45) is 5.92 Å². The van der Waals surface area contributed by atoms with Gasteiger partial charge in [0.25, 0.3) is 0 Å². The highest BCUT2D eigenvalue weighted by atomic mass is 35.5. The Bertz CT molecular complexity index is 557. The molecule has 0 aromatic heterocycles. The summed E-state index contributed by atoms with van der Waals surface area (Å²) in [6.07, 6.45) is 3.66. The molecule has 0 bridgehead atoms. The highest BCUT2D eigenvalue weighted by Crippen LogP contribution is 2.31. The lowest BCUT2D eigenvalue weighted by molar-refractivity contribution is 0.382. The van der Waals surface area contributed by atoms with E-state index in [4.69, 9.17) is 17.3 Å². The first kappa shape index (κ1) is 14.7. The van der Waals surface area contributed by atoms with Gasteiger partial charge in [0.05, 0.1) is 11.0 Å². The monoisotopic (exact) mass is 301 g/mol. The van der Waals surface area contributed by atoms with Crippen molar-refractivity contribution >= 4 is 27.1 Å². The van der Waals surface area contributed by atoms with E-state index in [2.05, 4.69) is 6.92 Å². The maximum Gasteiger partial charge on any atom is 0.157 e. The molecule has 0 heterocycles. The number of anilines is 1. The lowest BCUT2D eigenvalue weighted by Crippen LogP contribution is -2.28. The molecule has 19 heavy (non-hydrogen) atoms. The molecule has 106 valence electrons. The second-order valence-electron chi connectivity index (χ2n) is 5.54. The number of benzene rings is 1. The van der Waals surface area contributed by atoms with Gasteiger partial charge in [0.1, 0.15) is 0 Å². The fourth-order valence-electron chi connectivity index (χ4n) is 2.74. The number of hydrogen-bond donors (Lipinski definition) is 1. The molecule has 0 aliphatic heterocycles. The van der Waals surface area contributed by atoms with Crippen LogP contribution in [0, 0.1) is 5.92 Å². The Labute approximate surface area is 120 Å². The predicted molar refractivity (Wildman–Crippen MR) is 79.9 cm³/mol. The number of nitrogens with two attached hydrogens (primary N) is 1. The zero-order valence-electron chi connectivity index (χ0n) is 11.1. The average Bonchev–Trinajstić information content (AvgIpc) is 2.33. The molecule has 2 rings (SSSR count). The summed E-state index contributed by atoms with van der Waals surface area (Å²) in [5, 5.41) is 0.297. The Kier molecular flexibility index (Phi) is 4.41. The molecular weight excluding hydrogens is 282 g/mol. The molecular formula is C14H20ClNO2S. The van der Waals surface area contributed by atoms with Gasteiger partial charge >= 0.3 is 0 Å². The average molecular weight is 302 g/mol. The fourth-order valence-corrected chi connectivity index (χ4v) is 5.00. The van der Waals surface area contributed by atoms with E-state index in [1.54, 1.807) is 18.2 Å². The van der Waals surface area contributed by atoms with Gasteiger partial charge in [-0.25, -0.2) is 8.42 Å². The van der Waals surface area contributed by atoms with Gasteiger partial charge < -0.3 is 5.73 Å². The molecule has 0 spiro atoms. The zero-order valence-corrected chi connectivity index (χ0v) is 12.7. The molecule has 5 heteroatoms. The van der Waals surface area contributed by atoms with Crippen molar-refractivity contribution in [1.29, 1.82) is 0 Å². The van der Waals surface area contributed by atoms with Gasteiger partial charge in [-0.05, 0) is 42.5 Å². The van der Waals surface area contributed by atoms with Crippen LogP contribution < -0.4 is 5.73 Å². The van der Waals surface area contributed by atoms with Crippen molar-refractivity contribution in [2.45, 2.75) is 43.6 Å². The standard InChI is InChI=1S/C14H20ClNO2S/c1-10-3-2-4-13(7-10)19(17,18)9-11-8-12(15)5-6-14(11)16/h5-6,8,10,13H,2-4,7,9,16H2,1H3. The Morgan fingerprint density at radius 3 is 2.79 bits per heavy atom. The summed E-state index contributed by atoms with van der Waals surface area (Å²) in [4.78, 5) is 0. The van der Waals surface area contributed by atoms with Gasteiger partial charge in [-0.1, -0.05) is 31.4 Å². The van der Waals surface area contributed by atoms with Crippen LogP contribution in [0.4, 0.5) is 5.69 Å². The van der Waals surface area contributed by atoms with Crippen LogP contribution in [-0.2, 0) is 15.6 Å². The molecule has 2 atom stereocenters. The number of halogens is 1. The molecule has 0 amide bonds. The second-order valence-corrected chi connectivity index (χ2v) is 8.26. The normalized spacial score (nSPS) is 24.3. The maximum atomic E-state index is 12.5. The third-order valence-electron chi connectivity index (χ3n) is 3.86. The predicted octanol–water partition coefficient (Wildman–Crippen LogP) is 3.42. The summed E-state index contributed by atoms with van der Waals surface area (Å²) >= 11 is 5.90. The first-order valence-corrected chi connectivity index (χ1v) is 8.73. The van der Waals surface area contributed by atoms with E-state index >= 15 is 0 Å². The minimum atomic E-state index is -3.15. The number of nitrogen functional groups attached to an aromatic ring is 1. The van der Waals surface area contributed by atoms with Crippen LogP contribution in [0.15, 0.2) is 18.2 Å². The van der Waals surface area contributed by atoms with Crippen LogP contribution in [0.1, 0.15) is 38.2 Å². The Hall–Kier alpha value is -0.740. The van der Waals surface area contributed by atoms with Gasteiger partial charge in [-0.15, -0.1) is 0 Å². The lowest BCUT2D eigenvalue weighted by atomic mass is 9.91. The van der Waals surface area contributed by atoms with Crippen molar-refractivity contribution in [3.8, 4) is 0 Å². The van der Waals surface area contributed by atoms with E-state index in [1.807, 2.05) is 0 Å². The first-order valence-electron chi connectivity index (χ1n) is 6.64.